The Morgan fingerprint density at radius 3 is 2.87 bits per heavy atom. The largest absolute Gasteiger partial charge is 0.293 e. The van der Waals surface area contributed by atoms with Crippen molar-refractivity contribution in [2.24, 2.45) is 7.05 Å². The highest BCUT2D eigenvalue weighted by Gasteiger charge is 2.30. The molecule has 23 heavy (non-hydrogen) atoms. The second kappa shape index (κ2) is 6.28. The van der Waals surface area contributed by atoms with Gasteiger partial charge in [0.05, 0.1) is 16.7 Å². The van der Waals surface area contributed by atoms with Gasteiger partial charge in [-0.3, -0.25) is 4.90 Å². The van der Waals surface area contributed by atoms with Crippen molar-refractivity contribution in [2.75, 3.05) is 13.1 Å². The van der Waals surface area contributed by atoms with E-state index < -0.39 is 0 Å². The fourth-order valence-electron chi connectivity index (χ4n) is 3.86. The first-order valence-corrected chi connectivity index (χ1v) is 9.49. The zero-order valence-corrected chi connectivity index (χ0v) is 14.7. The van der Waals surface area contributed by atoms with Gasteiger partial charge in [0.25, 0.3) is 0 Å². The van der Waals surface area contributed by atoms with E-state index in [1.54, 1.807) is 9.56 Å². The molecule has 1 fully saturated rings. The van der Waals surface area contributed by atoms with Crippen LogP contribution >= 0.6 is 11.3 Å². The molecule has 0 saturated carbocycles. The van der Waals surface area contributed by atoms with Gasteiger partial charge in [-0.1, -0.05) is 0 Å². The number of rotatable bonds is 3. The van der Waals surface area contributed by atoms with Crippen molar-refractivity contribution >= 4 is 11.3 Å². The number of fused-ring (bicyclic) bond motifs is 1. The van der Waals surface area contributed by atoms with E-state index >= 15 is 0 Å². The Bertz CT molecular complexity index is 654. The van der Waals surface area contributed by atoms with Gasteiger partial charge < -0.3 is 0 Å². The van der Waals surface area contributed by atoms with Gasteiger partial charge in [-0.25, -0.2) is 9.67 Å². The molecule has 0 amide bonds. The monoisotopic (exact) mass is 332 g/mol. The summed E-state index contributed by atoms with van der Waals surface area (Å²) in [6.07, 6.45) is 7.55. The molecule has 1 aliphatic carbocycles. The molecule has 0 bridgehead atoms. The summed E-state index contributed by atoms with van der Waals surface area (Å²) in [5, 5.41) is 13.3. The molecule has 1 aliphatic heterocycles. The fraction of sp³-hybridized carbons (Fsp3) is 0.750. The molecule has 0 unspecified atom stereocenters. The minimum Gasteiger partial charge on any atom is -0.293 e. The molecule has 2 atom stereocenters. The second-order valence-corrected chi connectivity index (χ2v) is 7.92. The predicted molar refractivity (Wildman–Crippen MR) is 89.5 cm³/mol. The standard InChI is InChI=1S/C16H24N6S/c1-11(15-18-19-20-21(15)2)22-9-5-6-12(10-22)16-17-13-7-3-4-8-14(13)23-16/h11-12H,3-10H2,1-2H3/t11-,12+/m1/s1. The molecule has 0 radical (unpaired) electrons. The summed E-state index contributed by atoms with van der Waals surface area (Å²) in [5.74, 6) is 1.52. The summed E-state index contributed by atoms with van der Waals surface area (Å²) in [5.41, 5.74) is 1.39. The van der Waals surface area contributed by atoms with E-state index in [9.17, 15) is 0 Å². The van der Waals surface area contributed by atoms with Crippen molar-refractivity contribution in [3.8, 4) is 0 Å². The fourth-order valence-corrected chi connectivity index (χ4v) is 5.14. The number of aryl methyl sites for hydroxylation is 3. The number of hydrogen-bond donors (Lipinski definition) is 0. The van der Waals surface area contributed by atoms with Crippen molar-refractivity contribution in [1.29, 1.82) is 0 Å². The minimum atomic E-state index is 0.257. The Balaban J connectivity index is 1.50. The third-order valence-corrected chi connectivity index (χ3v) is 6.56. The number of tetrazole rings is 1. The second-order valence-electron chi connectivity index (χ2n) is 6.80. The van der Waals surface area contributed by atoms with E-state index in [0.29, 0.717) is 5.92 Å². The van der Waals surface area contributed by atoms with Crippen LogP contribution < -0.4 is 0 Å². The molecule has 0 aromatic carbocycles. The summed E-state index contributed by atoms with van der Waals surface area (Å²) in [7, 11) is 1.92. The molecule has 1 saturated heterocycles. The molecule has 2 aliphatic rings. The molecular weight excluding hydrogens is 308 g/mol. The average Bonchev–Trinajstić information content (AvgIpc) is 3.20. The molecule has 2 aromatic heterocycles. The molecule has 7 heteroatoms. The van der Waals surface area contributed by atoms with Crippen LogP contribution in [0.1, 0.15) is 66.0 Å². The molecule has 124 valence electrons. The topological polar surface area (TPSA) is 59.7 Å². The van der Waals surface area contributed by atoms with E-state index in [1.807, 2.05) is 18.4 Å². The Kier molecular flexibility index (Phi) is 4.15. The summed E-state index contributed by atoms with van der Waals surface area (Å²) in [6.45, 7) is 4.40. The van der Waals surface area contributed by atoms with Crippen LogP contribution in [-0.4, -0.2) is 43.2 Å². The van der Waals surface area contributed by atoms with Crippen LogP contribution in [0, 0.1) is 0 Å². The maximum absolute atomic E-state index is 4.99. The molecule has 3 heterocycles. The third kappa shape index (κ3) is 2.92. The van der Waals surface area contributed by atoms with Crippen molar-refractivity contribution in [1.82, 2.24) is 30.1 Å². The van der Waals surface area contributed by atoms with Crippen molar-refractivity contribution in [3.63, 3.8) is 0 Å². The zero-order valence-electron chi connectivity index (χ0n) is 13.9. The van der Waals surface area contributed by atoms with Gasteiger partial charge in [0.2, 0.25) is 0 Å². The first-order valence-electron chi connectivity index (χ1n) is 8.67. The lowest BCUT2D eigenvalue weighted by Gasteiger charge is -2.35. The molecule has 6 nitrogen and oxygen atoms in total. The highest BCUT2D eigenvalue weighted by atomic mass is 32.1. The van der Waals surface area contributed by atoms with Crippen molar-refractivity contribution in [3.05, 3.63) is 21.4 Å². The van der Waals surface area contributed by atoms with Gasteiger partial charge in [0.1, 0.15) is 0 Å². The number of aromatic nitrogens is 5. The SMILES string of the molecule is C[C@H](c1nnnn1C)N1CCC[C@H](c2nc3c(s2)CCCC3)C1. The zero-order chi connectivity index (χ0) is 15.8. The first-order chi connectivity index (χ1) is 11.2. The first kappa shape index (κ1) is 15.2. The van der Waals surface area contributed by atoms with E-state index in [4.69, 9.17) is 4.98 Å². The van der Waals surface area contributed by atoms with E-state index in [-0.39, 0.29) is 6.04 Å². The highest BCUT2D eigenvalue weighted by molar-refractivity contribution is 7.11. The predicted octanol–water partition coefficient (Wildman–Crippen LogP) is 2.49. The van der Waals surface area contributed by atoms with Gasteiger partial charge in [-0.15, -0.1) is 16.4 Å². The maximum atomic E-state index is 4.99. The van der Waals surface area contributed by atoms with Crippen LogP contribution in [0.5, 0.6) is 0 Å². The Hall–Kier alpha value is -1.34. The van der Waals surface area contributed by atoms with Gasteiger partial charge in [-0.05, 0) is 62.4 Å². The van der Waals surface area contributed by atoms with Crippen LogP contribution in [-0.2, 0) is 19.9 Å². The van der Waals surface area contributed by atoms with E-state index in [1.165, 1.54) is 49.2 Å². The van der Waals surface area contributed by atoms with Crippen LogP contribution in [0.15, 0.2) is 0 Å². The van der Waals surface area contributed by atoms with Crippen LogP contribution in [0.3, 0.4) is 0 Å². The number of hydrogen-bond acceptors (Lipinski definition) is 6. The number of nitrogens with zero attached hydrogens (tertiary/aromatic N) is 6. The lowest BCUT2D eigenvalue weighted by Crippen LogP contribution is -2.37. The van der Waals surface area contributed by atoms with Gasteiger partial charge in [0.15, 0.2) is 5.82 Å². The van der Waals surface area contributed by atoms with Crippen molar-refractivity contribution < 1.29 is 0 Å². The number of likely N-dealkylation sites (tertiary alicyclic amines) is 1. The van der Waals surface area contributed by atoms with Crippen LogP contribution in [0.2, 0.25) is 0 Å². The van der Waals surface area contributed by atoms with Gasteiger partial charge >= 0.3 is 0 Å². The molecule has 0 N–H and O–H groups in total. The van der Waals surface area contributed by atoms with Gasteiger partial charge in [0, 0.05) is 24.4 Å². The average molecular weight is 332 g/mol. The Morgan fingerprint density at radius 2 is 2.09 bits per heavy atom. The summed E-state index contributed by atoms with van der Waals surface area (Å²) in [6, 6.07) is 0.257. The van der Waals surface area contributed by atoms with Crippen molar-refractivity contribution in [2.45, 2.75) is 57.4 Å². The number of piperidine rings is 1. The molecule has 2 aromatic rings. The third-order valence-electron chi connectivity index (χ3n) is 5.24. The maximum Gasteiger partial charge on any atom is 0.167 e. The Labute approximate surface area is 140 Å². The lowest BCUT2D eigenvalue weighted by atomic mass is 9.97. The van der Waals surface area contributed by atoms with Crippen LogP contribution in [0.25, 0.3) is 0 Å². The Morgan fingerprint density at radius 1 is 1.22 bits per heavy atom. The molecule has 4 rings (SSSR count). The lowest BCUT2D eigenvalue weighted by molar-refractivity contribution is 0.150. The quantitative estimate of drug-likeness (QED) is 0.864. The minimum absolute atomic E-state index is 0.257. The summed E-state index contributed by atoms with van der Waals surface area (Å²) < 4.78 is 1.79. The smallest absolute Gasteiger partial charge is 0.167 e. The summed E-state index contributed by atoms with van der Waals surface area (Å²) >= 11 is 1.97. The van der Waals surface area contributed by atoms with E-state index in [2.05, 4.69) is 27.3 Å². The summed E-state index contributed by atoms with van der Waals surface area (Å²) in [4.78, 5) is 9.06. The highest BCUT2D eigenvalue weighted by Crippen LogP contribution is 2.36. The molecular formula is C16H24N6S. The van der Waals surface area contributed by atoms with Crippen LogP contribution in [0.4, 0.5) is 0 Å². The number of thiazole rings is 1. The van der Waals surface area contributed by atoms with E-state index in [0.717, 1.165) is 18.9 Å². The normalized spacial score (nSPS) is 23.7. The van der Waals surface area contributed by atoms with Gasteiger partial charge in [-0.2, -0.15) is 0 Å². The molecule has 0 spiro atoms.